The lowest BCUT2D eigenvalue weighted by molar-refractivity contribution is 0.0952. The molecule has 0 saturated carbocycles. The van der Waals surface area contributed by atoms with Crippen molar-refractivity contribution in [2.75, 3.05) is 19.6 Å². The second-order valence-corrected chi connectivity index (χ2v) is 4.09. The zero-order chi connectivity index (χ0) is 10.5. The largest absolute Gasteiger partial charge is 0.347 e. The number of hydrogen-bond donors (Lipinski definition) is 2. The smallest absolute Gasteiger partial charge is 0.271 e. The molecule has 2 heterocycles. The molecule has 0 spiro atoms. The summed E-state index contributed by atoms with van der Waals surface area (Å²) in [5.41, 5.74) is 3.46. The van der Waals surface area contributed by atoms with Gasteiger partial charge in [-0.3, -0.25) is 4.79 Å². The van der Waals surface area contributed by atoms with E-state index in [1.165, 1.54) is 16.9 Å². The highest BCUT2D eigenvalue weighted by Gasteiger charge is 2.08. The van der Waals surface area contributed by atoms with Crippen LogP contribution < -0.4 is 10.6 Å². The van der Waals surface area contributed by atoms with Gasteiger partial charge < -0.3 is 10.6 Å². The Morgan fingerprint density at radius 1 is 1.53 bits per heavy atom. The summed E-state index contributed by atoms with van der Waals surface area (Å²) in [6.07, 6.45) is 3.14. The Labute approximate surface area is 117 Å². The van der Waals surface area contributed by atoms with Crippen molar-refractivity contribution in [1.29, 1.82) is 0 Å². The van der Waals surface area contributed by atoms with Crippen molar-refractivity contribution in [3.8, 4) is 0 Å². The van der Waals surface area contributed by atoms with Crippen LogP contribution in [0.15, 0.2) is 22.5 Å². The monoisotopic (exact) mass is 295 g/mol. The molecule has 0 radical (unpaired) electrons. The highest BCUT2D eigenvalue weighted by atomic mass is 35.5. The first kappa shape index (κ1) is 16.4. The average molecular weight is 296 g/mol. The molecule has 1 aromatic heterocycles. The maximum absolute atomic E-state index is 11.5. The molecule has 2 N–H and O–H groups in total. The number of amides is 1. The fraction of sp³-hybridized carbons (Fsp3) is 0.400. The third kappa shape index (κ3) is 5.04. The molecule has 1 aliphatic rings. The van der Waals surface area contributed by atoms with Crippen LogP contribution in [-0.2, 0) is 0 Å². The molecular formula is C10H15Cl2N3OS. The zero-order valence-electron chi connectivity index (χ0n) is 9.14. The standard InChI is InChI=1S/C10H13N3OS.2ClH/c14-10(9-6-15-7-13-9)12-5-8-1-3-11-4-2-8;;/h1,6-7,11H,2-5H2,(H,12,14);2*1H. The van der Waals surface area contributed by atoms with Crippen LogP contribution in [0, 0.1) is 0 Å². The molecule has 1 amide bonds. The normalized spacial score (nSPS) is 14.0. The third-order valence-corrected chi connectivity index (χ3v) is 2.89. The van der Waals surface area contributed by atoms with Gasteiger partial charge in [-0.1, -0.05) is 11.6 Å². The molecule has 0 unspecified atom stereocenters. The molecular weight excluding hydrogens is 281 g/mol. The van der Waals surface area contributed by atoms with E-state index in [9.17, 15) is 4.79 Å². The van der Waals surface area contributed by atoms with Gasteiger partial charge in [0.15, 0.2) is 0 Å². The van der Waals surface area contributed by atoms with Crippen molar-refractivity contribution in [1.82, 2.24) is 15.6 Å². The van der Waals surface area contributed by atoms with Gasteiger partial charge in [-0.25, -0.2) is 4.98 Å². The predicted molar refractivity (Wildman–Crippen MR) is 74.5 cm³/mol. The molecule has 0 saturated heterocycles. The Kier molecular flexibility index (Phi) is 8.16. The van der Waals surface area contributed by atoms with Crippen molar-refractivity contribution < 1.29 is 4.79 Å². The molecule has 0 aromatic carbocycles. The molecule has 0 fully saturated rings. The number of rotatable bonds is 3. The topological polar surface area (TPSA) is 54.0 Å². The maximum atomic E-state index is 11.5. The molecule has 0 atom stereocenters. The average Bonchev–Trinajstić information content (AvgIpc) is 2.81. The summed E-state index contributed by atoms with van der Waals surface area (Å²) in [5, 5.41) is 7.85. The van der Waals surface area contributed by atoms with E-state index in [0.29, 0.717) is 12.2 Å². The number of thiazole rings is 1. The van der Waals surface area contributed by atoms with E-state index in [2.05, 4.69) is 21.7 Å². The number of hydrogen-bond acceptors (Lipinski definition) is 4. The lowest BCUT2D eigenvalue weighted by Crippen LogP contribution is -2.29. The fourth-order valence-corrected chi connectivity index (χ4v) is 1.97. The van der Waals surface area contributed by atoms with Crippen molar-refractivity contribution in [3.63, 3.8) is 0 Å². The minimum atomic E-state index is -0.0873. The summed E-state index contributed by atoms with van der Waals surface area (Å²) in [6, 6.07) is 0. The lowest BCUT2D eigenvalue weighted by Gasteiger charge is -2.14. The molecule has 96 valence electrons. The highest BCUT2D eigenvalue weighted by Crippen LogP contribution is 2.04. The van der Waals surface area contributed by atoms with Gasteiger partial charge in [-0.05, 0) is 13.0 Å². The molecule has 7 heteroatoms. The van der Waals surface area contributed by atoms with Crippen LogP contribution >= 0.6 is 36.2 Å². The van der Waals surface area contributed by atoms with Crippen molar-refractivity contribution >= 4 is 42.1 Å². The van der Waals surface area contributed by atoms with E-state index in [0.717, 1.165) is 19.5 Å². The molecule has 2 rings (SSSR count). The Balaban J connectivity index is 0.00000128. The summed E-state index contributed by atoms with van der Waals surface area (Å²) < 4.78 is 0. The van der Waals surface area contributed by atoms with Crippen molar-refractivity contribution in [3.05, 3.63) is 28.2 Å². The SMILES string of the molecule is Cl.Cl.O=C(NCC1=CCNCC1)c1cscn1. The first-order valence-electron chi connectivity index (χ1n) is 4.91. The van der Waals surface area contributed by atoms with E-state index in [1.807, 2.05) is 0 Å². The Morgan fingerprint density at radius 3 is 2.94 bits per heavy atom. The predicted octanol–water partition coefficient (Wildman–Crippen LogP) is 1.64. The molecule has 0 bridgehead atoms. The van der Waals surface area contributed by atoms with E-state index >= 15 is 0 Å². The zero-order valence-corrected chi connectivity index (χ0v) is 11.6. The van der Waals surface area contributed by atoms with E-state index in [1.54, 1.807) is 10.9 Å². The summed E-state index contributed by atoms with van der Waals surface area (Å²) >= 11 is 1.43. The molecule has 1 aliphatic heterocycles. The minimum absolute atomic E-state index is 0. The number of carbonyl (C=O) groups is 1. The fourth-order valence-electron chi connectivity index (χ4n) is 1.44. The number of aromatic nitrogens is 1. The Bertz CT molecular complexity index is 368. The van der Waals surface area contributed by atoms with E-state index in [-0.39, 0.29) is 30.7 Å². The van der Waals surface area contributed by atoms with Crippen molar-refractivity contribution in [2.24, 2.45) is 0 Å². The van der Waals surface area contributed by atoms with Gasteiger partial charge in [0.1, 0.15) is 5.69 Å². The van der Waals surface area contributed by atoms with Crippen LogP contribution in [0.25, 0.3) is 0 Å². The highest BCUT2D eigenvalue weighted by molar-refractivity contribution is 7.07. The molecule has 1 aromatic rings. The van der Waals surface area contributed by atoms with Crippen LogP contribution in [0.1, 0.15) is 16.9 Å². The van der Waals surface area contributed by atoms with Gasteiger partial charge in [0, 0.05) is 18.5 Å². The summed E-state index contributed by atoms with van der Waals surface area (Å²) in [7, 11) is 0. The Morgan fingerprint density at radius 2 is 2.35 bits per heavy atom. The number of halogens is 2. The minimum Gasteiger partial charge on any atom is -0.347 e. The number of nitrogens with one attached hydrogen (secondary N) is 2. The summed E-state index contributed by atoms with van der Waals surface area (Å²) in [6.45, 7) is 2.54. The van der Waals surface area contributed by atoms with Crippen LogP contribution in [0.2, 0.25) is 0 Å². The van der Waals surface area contributed by atoms with Crippen LogP contribution in [0.5, 0.6) is 0 Å². The molecule has 4 nitrogen and oxygen atoms in total. The third-order valence-electron chi connectivity index (χ3n) is 2.30. The first-order chi connectivity index (χ1) is 7.36. The van der Waals surface area contributed by atoms with Crippen LogP contribution in [0.4, 0.5) is 0 Å². The van der Waals surface area contributed by atoms with Gasteiger partial charge in [0.25, 0.3) is 5.91 Å². The van der Waals surface area contributed by atoms with Crippen LogP contribution in [-0.4, -0.2) is 30.5 Å². The second-order valence-electron chi connectivity index (χ2n) is 3.37. The van der Waals surface area contributed by atoms with Gasteiger partial charge in [0.05, 0.1) is 5.51 Å². The quantitative estimate of drug-likeness (QED) is 0.834. The van der Waals surface area contributed by atoms with Crippen molar-refractivity contribution in [2.45, 2.75) is 6.42 Å². The number of nitrogens with zero attached hydrogens (tertiary/aromatic N) is 1. The van der Waals surface area contributed by atoms with Gasteiger partial charge in [-0.15, -0.1) is 36.2 Å². The summed E-state index contributed by atoms with van der Waals surface area (Å²) in [5.74, 6) is -0.0873. The Hall–Kier alpha value is -0.620. The van der Waals surface area contributed by atoms with Crippen LogP contribution in [0.3, 0.4) is 0 Å². The molecule has 0 aliphatic carbocycles. The van der Waals surface area contributed by atoms with E-state index in [4.69, 9.17) is 0 Å². The van der Waals surface area contributed by atoms with Gasteiger partial charge in [0.2, 0.25) is 0 Å². The first-order valence-corrected chi connectivity index (χ1v) is 5.85. The summed E-state index contributed by atoms with van der Waals surface area (Å²) in [4.78, 5) is 15.5. The second kappa shape index (κ2) is 8.47. The van der Waals surface area contributed by atoms with Gasteiger partial charge in [-0.2, -0.15) is 0 Å². The van der Waals surface area contributed by atoms with Gasteiger partial charge >= 0.3 is 0 Å². The maximum Gasteiger partial charge on any atom is 0.271 e. The lowest BCUT2D eigenvalue weighted by atomic mass is 10.1. The van der Waals surface area contributed by atoms with E-state index < -0.39 is 0 Å². The molecule has 17 heavy (non-hydrogen) atoms. The number of carbonyl (C=O) groups excluding carboxylic acids is 1.